The van der Waals surface area contributed by atoms with E-state index in [0.29, 0.717) is 51.1 Å². The molecule has 0 spiro atoms. The smallest absolute Gasteiger partial charge is 0.310 e. The highest BCUT2D eigenvalue weighted by Gasteiger charge is 2.32. The maximum absolute atomic E-state index is 13.3. The van der Waals surface area contributed by atoms with Gasteiger partial charge in [0.2, 0.25) is 10.0 Å². The van der Waals surface area contributed by atoms with Crippen LogP contribution in [-0.2, 0) is 32.5 Å². The molecule has 1 saturated heterocycles. The molecule has 0 N–H and O–H groups in total. The van der Waals surface area contributed by atoms with Crippen molar-refractivity contribution in [2.24, 2.45) is 5.92 Å². The van der Waals surface area contributed by atoms with Crippen molar-refractivity contribution < 1.29 is 22.7 Å². The lowest BCUT2D eigenvalue weighted by Gasteiger charge is -2.32. The number of esters is 1. The van der Waals surface area contributed by atoms with E-state index in [9.17, 15) is 18.0 Å². The molecule has 4 rings (SSSR count). The number of likely N-dealkylation sites (tertiary alicyclic amines) is 1. The molecule has 2 aliphatic rings. The summed E-state index contributed by atoms with van der Waals surface area (Å²) in [5.74, 6) is -0.889. The van der Waals surface area contributed by atoms with Gasteiger partial charge in [-0.05, 0) is 55.5 Å². The van der Waals surface area contributed by atoms with Crippen LogP contribution in [0.1, 0.15) is 41.3 Å². The quantitative estimate of drug-likeness (QED) is 0.646. The Kier molecular flexibility index (Phi) is 6.62. The molecule has 1 atom stereocenters. The minimum atomic E-state index is -3.73. The van der Waals surface area contributed by atoms with Crippen LogP contribution in [0.3, 0.4) is 0 Å². The molecule has 0 radical (unpaired) electrons. The van der Waals surface area contributed by atoms with E-state index < -0.39 is 10.0 Å². The van der Waals surface area contributed by atoms with Crippen LogP contribution in [0.2, 0.25) is 0 Å². The number of amides is 1. The number of hydrogen-bond donors (Lipinski definition) is 0. The van der Waals surface area contributed by atoms with Crippen molar-refractivity contribution in [1.29, 1.82) is 0 Å². The van der Waals surface area contributed by atoms with Gasteiger partial charge in [0, 0.05) is 31.7 Å². The summed E-state index contributed by atoms with van der Waals surface area (Å²) in [5.41, 5.74) is 2.49. The molecule has 7 nitrogen and oxygen atoms in total. The number of rotatable bonds is 5. The fraction of sp³-hybridized carbons (Fsp3) is 0.417. The van der Waals surface area contributed by atoms with E-state index in [1.165, 1.54) is 22.0 Å². The summed E-state index contributed by atoms with van der Waals surface area (Å²) in [4.78, 5) is 26.9. The van der Waals surface area contributed by atoms with Gasteiger partial charge in [-0.2, -0.15) is 4.31 Å². The van der Waals surface area contributed by atoms with Gasteiger partial charge in [0.15, 0.2) is 0 Å². The zero-order chi connectivity index (χ0) is 22.7. The number of sulfonamides is 1. The van der Waals surface area contributed by atoms with E-state index >= 15 is 0 Å². The molecule has 0 aromatic heterocycles. The molecule has 2 aliphatic heterocycles. The van der Waals surface area contributed by atoms with Gasteiger partial charge in [-0.25, -0.2) is 8.42 Å². The maximum atomic E-state index is 13.3. The zero-order valence-electron chi connectivity index (χ0n) is 18.2. The second kappa shape index (κ2) is 9.42. The van der Waals surface area contributed by atoms with Crippen molar-refractivity contribution in [3.63, 3.8) is 0 Å². The highest BCUT2D eigenvalue weighted by molar-refractivity contribution is 7.89. The van der Waals surface area contributed by atoms with Gasteiger partial charge in [0.1, 0.15) is 0 Å². The lowest BCUT2D eigenvalue weighted by Crippen LogP contribution is -2.43. The van der Waals surface area contributed by atoms with Gasteiger partial charge in [-0.15, -0.1) is 0 Å². The lowest BCUT2D eigenvalue weighted by molar-refractivity contribution is -0.149. The molecule has 0 aliphatic carbocycles. The van der Waals surface area contributed by atoms with E-state index in [1.54, 1.807) is 24.0 Å². The monoisotopic (exact) mass is 456 g/mol. The summed E-state index contributed by atoms with van der Waals surface area (Å²) in [7, 11) is -3.73. The number of ether oxygens (including phenoxy) is 1. The number of nitrogens with zero attached hydrogens (tertiary/aromatic N) is 2. The van der Waals surface area contributed by atoms with E-state index in [4.69, 9.17) is 4.74 Å². The first-order valence-corrected chi connectivity index (χ1v) is 12.5. The standard InChI is InChI=1S/C24H28N2O5S/c1-2-31-24(28)21-10-6-13-25(16-21)23(27)19-9-5-11-22(15-19)32(29,30)26-14-12-18-7-3-4-8-20(18)17-26/h3-5,7-9,11,15,21H,2,6,10,12-14,16-17H2,1H3/t21-/m1/s1. The van der Waals surface area contributed by atoms with Gasteiger partial charge in [0.05, 0.1) is 17.4 Å². The van der Waals surface area contributed by atoms with Gasteiger partial charge in [-0.1, -0.05) is 30.3 Å². The lowest BCUT2D eigenvalue weighted by atomic mass is 9.97. The Morgan fingerprint density at radius 1 is 1.06 bits per heavy atom. The number of fused-ring (bicyclic) bond motifs is 1. The average Bonchev–Trinajstić information content (AvgIpc) is 2.83. The van der Waals surface area contributed by atoms with Crippen LogP contribution in [0.5, 0.6) is 0 Å². The third-order valence-electron chi connectivity index (χ3n) is 6.14. The normalized spacial score (nSPS) is 19.3. The number of hydrogen-bond acceptors (Lipinski definition) is 5. The SMILES string of the molecule is CCOC(=O)[C@@H]1CCCN(C(=O)c2cccc(S(=O)(=O)N3CCc4ccccc4C3)c2)C1. The van der Waals surface area contributed by atoms with Crippen molar-refractivity contribution >= 4 is 21.9 Å². The van der Waals surface area contributed by atoms with Crippen LogP contribution < -0.4 is 0 Å². The van der Waals surface area contributed by atoms with E-state index in [2.05, 4.69) is 0 Å². The van der Waals surface area contributed by atoms with Crippen LogP contribution in [0.4, 0.5) is 0 Å². The van der Waals surface area contributed by atoms with Gasteiger partial charge < -0.3 is 9.64 Å². The number of carbonyl (C=O) groups excluding carboxylic acids is 2. The Balaban J connectivity index is 1.52. The topological polar surface area (TPSA) is 84.0 Å². The molecule has 1 amide bonds. The largest absolute Gasteiger partial charge is 0.466 e. The fourth-order valence-corrected chi connectivity index (χ4v) is 5.88. The minimum Gasteiger partial charge on any atom is -0.466 e. The summed E-state index contributed by atoms with van der Waals surface area (Å²) in [6.07, 6.45) is 2.06. The fourth-order valence-electron chi connectivity index (χ4n) is 4.41. The zero-order valence-corrected chi connectivity index (χ0v) is 19.0. The van der Waals surface area contributed by atoms with Crippen LogP contribution in [-0.4, -0.2) is 55.7 Å². The highest BCUT2D eigenvalue weighted by atomic mass is 32.2. The highest BCUT2D eigenvalue weighted by Crippen LogP contribution is 2.26. The Bertz CT molecular complexity index is 1110. The summed E-state index contributed by atoms with van der Waals surface area (Å²) in [5, 5.41) is 0. The molecule has 0 unspecified atom stereocenters. The predicted molar refractivity (Wildman–Crippen MR) is 119 cm³/mol. The van der Waals surface area contributed by atoms with Gasteiger partial charge in [-0.3, -0.25) is 9.59 Å². The van der Waals surface area contributed by atoms with Crippen molar-refractivity contribution in [3.8, 4) is 0 Å². The molecule has 8 heteroatoms. The molecule has 2 aromatic carbocycles. The van der Waals surface area contributed by atoms with Crippen LogP contribution in [0, 0.1) is 5.92 Å². The molecule has 2 heterocycles. The third-order valence-corrected chi connectivity index (χ3v) is 7.98. The van der Waals surface area contributed by atoms with E-state index in [0.717, 1.165) is 5.56 Å². The van der Waals surface area contributed by atoms with Crippen LogP contribution in [0.25, 0.3) is 0 Å². The maximum Gasteiger partial charge on any atom is 0.310 e. The summed E-state index contributed by atoms with van der Waals surface area (Å²) in [6.45, 7) is 3.63. The second-order valence-corrected chi connectivity index (χ2v) is 10.2. The van der Waals surface area contributed by atoms with E-state index in [1.807, 2.05) is 24.3 Å². The summed E-state index contributed by atoms with van der Waals surface area (Å²) < 4.78 is 33.2. The van der Waals surface area contributed by atoms with Crippen molar-refractivity contribution in [2.75, 3.05) is 26.2 Å². The number of carbonyl (C=O) groups is 2. The molecule has 32 heavy (non-hydrogen) atoms. The first kappa shape index (κ1) is 22.5. The molecular weight excluding hydrogens is 428 g/mol. The summed E-state index contributed by atoms with van der Waals surface area (Å²) in [6, 6.07) is 14.1. The van der Waals surface area contributed by atoms with Gasteiger partial charge >= 0.3 is 5.97 Å². The molecule has 1 fully saturated rings. The predicted octanol–water partition coefficient (Wildman–Crippen LogP) is 2.85. The number of piperidine rings is 1. The van der Waals surface area contributed by atoms with Gasteiger partial charge in [0.25, 0.3) is 5.91 Å². The molecular formula is C24H28N2O5S. The molecule has 170 valence electrons. The Labute approximate surface area is 189 Å². The first-order valence-electron chi connectivity index (χ1n) is 11.0. The molecule has 2 aromatic rings. The summed E-state index contributed by atoms with van der Waals surface area (Å²) >= 11 is 0. The average molecular weight is 457 g/mol. The van der Waals surface area contributed by atoms with Crippen molar-refractivity contribution in [3.05, 3.63) is 65.2 Å². The number of benzene rings is 2. The van der Waals surface area contributed by atoms with Crippen molar-refractivity contribution in [2.45, 2.75) is 37.6 Å². The Hall–Kier alpha value is -2.71. The Morgan fingerprint density at radius 3 is 2.62 bits per heavy atom. The molecule has 0 bridgehead atoms. The molecule has 0 saturated carbocycles. The second-order valence-electron chi connectivity index (χ2n) is 8.23. The van der Waals surface area contributed by atoms with E-state index in [-0.39, 0.29) is 29.2 Å². The van der Waals surface area contributed by atoms with Crippen LogP contribution >= 0.6 is 0 Å². The Morgan fingerprint density at radius 2 is 1.84 bits per heavy atom. The third kappa shape index (κ3) is 4.56. The minimum absolute atomic E-state index is 0.113. The first-order chi connectivity index (χ1) is 15.4. The van der Waals surface area contributed by atoms with Crippen molar-refractivity contribution in [1.82, 2.24) is 9.21 Å². The van der Waals surface area contributed by atoms with Crippen LogP contribution in [0.15, 0.2) is 53.4 Å².